The van der Waals surface area contributed by atoms with Crippen molar-refractivity contribution >= 4 is 21.6 Å². The number of likely N-dealkylation sites (tertiary alicyclic amines) is 1. The fourth-order valence-electron chi connectivity index (χ4n) is 2.78. The number of nitrogens with zero attached hydrogens (tertiary/aromatic N) is 1. The first-order chi connectivity index (χ1) is 10.7. The average Bonchev–Trinajstić information content (AvgIpc) is 2.47. The summed E-state index contributed by atoms with van der Waals surface area (Å²) in [5.41, 5.74) is 6.02. The van der Waals surface area contributed by atoms with E-state index in [0.717, 1.165) is 31.2 Å². The molecule has 2 atom stereocenters. The molecule has 8 heteroatoms. The van der Waals surface area contributed by atoms with Crippen molar-refractivity contribution < 1.29 is 17.6 Å². The number of sulfonamides is 1. The predicted molar refractivity (Wildman–Crippen MR) is 87.1 cm³/mol. The lowest BCUT2D eigenvalue weighted by atomic mass is 9.92. The van der Waals surface area contributed by atoms with Crippen LogP contribution < -0.4 is 10.5 Å². The molecule has 0 saturated carbocycles. The molecule has 23 heavy (non-hydrogen) atoms. The summed E-state index contributed by atoms with van der Waals surface area (Å²) in [6, 6.07) is 3.40. The number of hydrogen-bond acceptors (Lipinski definition) is 4. The second-order valence-electron chi connectivity index (χ2n) is 6.08. The summed E-state index contributed by atoms with van der Waals surface area (Å²) in [7, 11) is -3.56. The largest absolute Gasteiger partial charge is 0.338 e. The molecule has 1 aliphatic heterocycles. The molecule has 1 aliphatic rings. The Labute approximate surface area is 135 Å². The predicted octanol–water partition coefficient (Wildman–Crippen LogP) is 1.40. The number of halogens is 1. The molecule has 0 spiro atoms. The van der Waals surface area contributed by atoms with Gasteiger partial charge in [0.1, 0.15) is 5.82 Å². The Kier molecular flexibility index (Phi) is 5.26. The quantitative estimate of drug-likeness (QED) is 0.864. The number of nitrogens with two attached hydrogens (primary N) is 1. The van der Waals surface area contributed by atoms with Gasteiger partial charge in [-0.05, 0) is 43.9 Å². The third kappa shape index (κ3) is 4.65. The highest BCUT2D eigenvalue weighted by molar-refractivity contribution is 7.92. The zero-order valence-corrected chi connectivity index (χ0v) is 14.1. The molecule has 1 fully saturated rings. The van der Waals surface area contributed by atoms with Crippen LogP contribution >= 0.6 is 0 Å². The molecule has 0 bridgehead atoms. The molecule has 1 saturated heterocycles. The standard InChI is InChI=1S/C15H22FN3O3S/c1-10(17)11-4-3-7-19(9-11)15(20)13-8-12(16)5-6-14(13)18-23(2,21)22/h5-6,8,10-11,18H,3-4,7,9,17H2,1-2H3. The van der Waals surface area contributed by atoms with Crippen LogP contribution in [-0.2, 0) is 10.0 Å². The summed E-state index contributed by atoms with van der Waals surface area (Å²) in [6.07, 6.45) is 2.75. The van der Waals surface area contributed by atoms with E-state index in [4.69, 9.17) is 5.73 Å². The van der Waals surface area contributed by atoms with Crippen LogP contribution in [0, 0.1) is 11.7 Å². The maximum Gasteiger partial charge on any atom is 0.256 e. The van der Waals surface area contributed by atoms with Crippen molar-refractivity contribution in [3.8, 4) is 0 Å². The van der Waals surface area contributed by atoms with Gasteiger partial charge in [-0.2, -0.15) is 0 Å². The van der Waals surface area contributed by atoms with Gasteiger partial charge in [0.05, 0.1) is 17.5 Å². The Hall–Kier alpha value is -1.67. The minimum Gasteiger partial charge on any atom is -0.338 e. The molecule has 128 valence electrons. The summed E-state index contributed by atoms with van der Waals surface area (Å²) in [5.74, 6) is -0.790. The molecule has 1 aromatic rings. The van der Waals surface area contributed by atoms with Crippen LogP contribution in [0.4, 0.5) is 10.1 Å². The number of benzene rings is 1. The summed E-state index contributed by atoms with van der Waals surface area (Å²) >= 11 is 0. The monoisotopic (exact) mass is 343 g/mol. The highest BCUT2D eigenvalue weighted by atomic mass is 32.2. The second-order valence-corrected chi connectivity index (χ2v) is 7.83. The first-order valence-electron chi connectivity index (χ1n) is 7.49. The van der Waals surface area contributed by atoms with Crippen LogP contribution in [0.1, 0.15) is 30.1 Å². The third-order valence-electron chi connectivity index (χ3n) is 4.00. The normalized spacial score (nSPS) is 20.2. The van der Waals surface area contributed by atoms with Gasteiger partial charge in [-0.25, -0.2) is 12.8 Å². The van der Waals surface area contributed by atoms with Gasteiger partial charge < -0.3 is 10.6 Å². The number of nitrogens with one attached hydrogen (secondary N) is 1. The van der Waals surface area contributed by atoms with E-state index in [1.165, 1.54) is 6.07 Å². The van der Waals surface area contributed by atoms with Crippen LogP contribution in [0.3, 0.4) is 0 Å². The van der Waals surface area contributed by atoms with Crippen LogP contribution in [-0.4, -0.2) is 44.6 Å². The summed E-state index contributed by atoms with van der Waals surface area (Å²) in [5, 5.41) is 0. The first-order valence-corrected chi connectivity index (χ1v) is 9.38. The van der Waals surface area contributed by atoms with E-state index in [-0.39, 0.29) is 29.1 Å². The number of carbonyl (C=O) groups excluding carboxylic acids is 1. The van der Waals surface area contributed by atoms with Gasteiger partial charge in [0.15, 0.2) is 0 Å². The third-order valence-corrected chi connectivity index (χ3v) is 4.59. The van der Waals surface area contributed by atoms with E-state index >= 15 is 0 Å². The highest BCUT2D eigenvalue weighted by Gasteiger charge is 2.28. The van der Waals surface area contributed by atoms with Crippen molar-refractivity contribution in [3.05, 3.63) is 29.6 Å². The Morgan fingerprint density at radius 1 is 1.48 bits per heavy atom. The van der Waals surface area contributed by atoms with Crippen molar-refractivity contribution in [2.45, 2.75) is 25.8 Å². The molecule has 1 aromatic carbocycles. The Morgan fingerprint density at radius 2 is 2.17 bits per heavy atom. The molecule has 6 nitrogen and oxygen atoms in total. The van der Waals surface area contributed by atoms with Gasteiger partial charge in [0.2, 0.25) is 10.0 Å². The van der Waals surface area contributed by atoms with E-state index in [9.17, 15) is 17.6 Å². The van der Waals surface area contributed by atoms with Gasteiger partial charge in [-0.1, -0.05) is 0 Å². The average molecular weight is 343 g/mol. The molecule has 1 amide bonds. The van der Waals surface area contributed by atoms with Gasteiger partial charge >= 0.3 is 0 Å². The summed E-state index contributed by atoms with van der Waals surface area (Å²) in [4.78, 5) is 14.3. The minimum absolute atomic E-state index is 0.0146. The number of carbonyl (C=O) groups is 1. The lowest BCUT2D eigenvalue weighted by Crippen LogP contribution is -2.45. The van der Waals surface area contributed by atoms with Gasteiger partial charge in [-0.15, -0.1) is 0 Å². The molecule has 1 heterocycles. The van der Waals surface area contributed by atoms with E-state index in [1.54, 1.807) is 4.90 Å². The maximum absolute atomic E-state index is 13.5. The Morgan fingerprint density at radius 3 is 2.78 bits per heavy atom. The fourth-order valence-corrected chi connectivity index (χ4v) is 3.35. The lowest BCUT2D eigenvalue weighted by molar-refractivity contribution is 0.0661. The topological polar surface area (TPSA) is 92.5 Å². The molecular weight excluding hydrogens is 321 g/mol. The molecule has 0 aliphatic carbocycles. The van der Waals surface area contributed by atoms with E-state index in [0.29, 0.717) is 13.1 Å². The number of piperidine rings is 1. The molecule has 0 radical (unpaired) electrons. The van der Waals surface area contributed by atoms with Crippen molar-refractivity contribution in [2.75, 3.05) is 24.1 Å². The van der Waals surface area contributed by atoms with Crippen molar-refractivity contribution in [1.82, 2.24) is 4.90 Å². The Balaban J connectivity index is 2.29. The number of rotatable bonds is 4. The zero-order chi connectivity index (χ0) is 17.2. The summed E-state index contributed by atoms with van der Waals surface area (Å²) in [6.45, 7) is 2.94. The number of anilines is 1. The fraction of sp³-hybridized carbons (Fsp3) is 0.533. The Bertz CT molecular complexity index is 691. The smallest absolute Gasteiger partial charge is 0.256 e. The van der Waals surface area contributed by atoms with Gasteiger partial charge in [0, 0.05) is 19.1 Å². The molecular formula is C15H22FN3O3S. The van der Waals surface area contributed by atoms with Gasteiger partial charge in [-0.3, -0.25) is 9.52 Å². The van der Waals surface area contributed by atoms with Crippen molar-refractivity contribution in [1.29, 1.82) is 0 Å². The number of amides is 1. The molecule has 2 unspecified atom stereocenters. The van der Waals surface area contributed by atoms with Crippen LogP contribution in [0.25, 0.3) is 0 Å². The maximum atomic E-state index is 13.5. The van der Waals surface area contributed by atoms with E-state index in [2.05, 4.69) is 4.72 Å². The van der Waals surface area contributed by atoms with Crippen LogP contribution in [0.15, 0.2) is 18.2 Å². The second kappa shape index (κ2) is 6.84. The minimum atomic E-state index is -3.56. The first kappa shape index (κ1) is 17.7. The van der Waals surface area contributed by atoms with E-state index < -0.39 is 15.8 Å². The molecule has 2 rings (SSSR count). The van der Waals surface area contributed by atoms with Crippen molar-refractivity contribution in [3.63, 3.8) is 0 Å². The SMILES string of the molecule is CC(N)C1CCCN(C(=O)c2cc(F)ccc2NS(C)(=O)=O)C1. The zero-order valence-electron chi connectivity index (χ0n) is 13.3. The molecule has 3 N–H and O–H groups in total. The van der Waals surface area contributed by atoms with E-state index in [1.807, 2.05) is 6.92 Å². The van der Waals surface area contributed by atoms with Crippen molar-refractivity contribution in [2.24, 2.45) is 11.7 Å². The number of hydrogen-bond donors (Lipinski definition) is 2. The van der Waals surface area contributed by atoms with Crippen LogP contribution in [0.5, 0.6) is 0 Å². The summed E-state index contributed by atoms with van der Waals surface area (Å²) < 4.78 is 38.7. The van der Waals surface area contributed by atoms with Gasteiger partial charge in [0.25, 0.3) is 5.91 Å². The molecule has 0 aromatic heterocycles. The highest BCUT2D eigenvalue weighted by Crippen LogP contribution is 2.24. The van der Waals surface area contributed by atoms with Crippen LogP contribution in [0.2, 0.25) is 0 Å². The lowest BCUT2D eigenvalue weighted by Gasteiger charge is -2.35.